The molecule has 0 fully saturated rings. The standard InChI is InChI=1S/C13H7BrClF2N3/c14-6-4-11-9(5-8(6)16)19-13(18)20(11)10-3-1-2-7(15)12(10)17/h1-5H,(H2,18,19). The first-order valence-electron chi connectivity index (χ1n) is 5.56. The summed E-state index contributed by atoms with van der Waals surface area (Å²) in [6, 6.07) is 7.29. The van der Waals surface area contributed by atoms with Gasteiger partial charge in [0.05, 0.1) is 26.2 Å². The van der Waals surface area contributed by atoms with Crippen molar-refractivity contribution in [2.24, 2.45) is 0 Å². The van der Waals surface area contributed by atoms with Crippen molar-refractivity contribution >= 4 is 44.5 Å². The van der Waals surface area contributed by atoms with E-state index in [1.54, 1.807) is 6.07 Å². The second-order valence-electron chi connectivity index (χ2n) is 4.13. The first-order chi connectivity index (χ1) is 9.49. The number of nitrogens with zero attached hydrogens (tertiary/aromatic N) is 2. The van der Waals surface area contributed by atoms with E-state index in [2.05, 4.69) is 20.9 Å². The fourth-order valence-corrected chi connectivity index (χ4v) is 2.51. The Kier molecular flexibility index (Phi) is 3.14. The van der Waals surface area contributed by atoms with Crippen LogP contribution in [0.2, 0.25) is 5.02 Å². The summed E-state index contributed by atoms with van der Waals surface area (Å²) in [5, 5.41) is -0.0232. The maximum absolute atomic E-state index is 14.1. The smallest absolute Gasteiger partial charge is 0.206 e. The van der Waals surface area contributed by atoms with Crippen LogP contribution >= 0.6 is 27.5 Å². The zero-order chi connectivity index (χ0) is 14.4. The maximum atomic E-state index is 14.1. The van der Waals surface area contributed by atoms with Gasteiger partial charge in [0.25, 0.3) is 0 Å². The van der Waals surface area contributed by atoms with E-state index in [0.717, 1.165) is 0 Å². The van der Waals surface area contributed by atoms with E-state index in [-0.39, 0.29) is 21.1 Å². The molecule has 3 rings (SSSR count). The number of aromatic nitrogens is 2. The number of anilines is 1. The highest BCUT2D eigenvalue weighted by Gasteiger charge is 2.16. The normalized spacial score (nSPS) is 11.2. The van der Waals surface area contributed by atoms with Crippen LogP contribution < -0.4 is 5.73 Å². The molecule has 0 aliphatic heterocycles. The second kappa shape index (κ2) is 4.71. The van der Waals surface area contributed by atoms with Gasteiger partial charge in [-0.1, -0.05) is 17.7 Å². The Morgan fingerprint density at radius 1 is 1.25 bits per heavy atom. The molecule has 0 atom stereocenters. The van der Waals surface area contributed by atoms with E-state index in [9.17, 15) is 8.78 Å². The summed E-state index contributed by atoms with van der Waals surface area (Å²) < 4.78 is 29.3. The van der Waals surface area contributed by atoms with Gasteiger partial charge in [-0.3, -0.25) is 4.57 Å². The fourth-order valence-electron chi connectivity index (χ4n) is 2.01. The van der Waals surface area contributed by atoms with Crippen molar-refractivity contribution < 1.29 is 8.78 Å². The van der Waals surface area contributed by atoms with Gasteiger partial charge >= 0.3 is 0 Å². The number of hydrogen-bond donors (Lipinski definition) is 1. The molecule has 102 valence electrons. The molecule has 2 aromatic carbocycles. The van der Waals surface area contributed by atoms with E-state index in [1.807, 2.05) is 0 Å². The Labute approximate surface area is 126 Å². The monoisotopic (exact) mass is 357 g/mol. The number of rotatable bonds is 1. The quantitative estimate of drug-likeness (QED) is 0.705. The molecular formula is C13H7BrClF2N3. The number of benzene rings is 2. The summed E-state index contributed by atoms with van der Waals surface area (Å²) >= 11 is 8.86. The van der Waals surface area contributed by atoms with Crippen LogP contribution in [0.3, 0.4) is 0 Å². The highest BCUT2D eigenvalue weighted by atomic mass is 79.9. The van der Waals surface area contributed by atoms with Crippen molar-refractivity contribution in [2.45, 2.75) is 0 Å². The van der Waals surface area contributed by atoms with Crippen LogP contribution in [0.15, 0.2) is 34.8 Å². The largest absolute Gasteiger partial charge is 0.369 e. The molecule has 0 aliphatic carbocycles. The van der Waals surface area contributed by atoms with Gasteiger partial charge in [0.1, 0.15) is 5.82 Å². The minimum Gasteiger partial charge on any atom is -0.369 e. The molecule has 0 saturated heterocycles. The molecule has 1 heterocycles. The third-order valence-corrected chi connectivity index (χ3v) is 3.79. The van der Waals surface area contributed by atoms with E-state index in [4.69, 9.17) is 17.3 Å². The van der Waals surface area contributed by atoms with Gasteiger partial charge in [-0.05, 0) is 34.1 Å². The lowest BCUT2D eigenvalue weighted by Gasteiger charge is -2.09. The molecule has 3 nitrogen and oxygen atoms in total. The molecular weight excluding hydrogens is 352 g/mol. The van der Waals surface area contributed by atoms with Crippen LogP contribution in [0.4, 0.5) is 14.7 Å². The van der Waals surface area contributed by atoms with E-state index in [1.165, 1.54) is 28.8 Å². The average molecular weight is 359 g/mol. The van der Waals surface area contributed by atoms with Gasteiger partial charge in [0.2, 0.25) is 5.95 Å². The predicted molar refractivity (Wildman–Crippen MR) is 78.1 cm³/mol. The lowest BCUT2D eigenvalue weighted by atomic mass is 10.2. The van der Waals surface area contributed by atoms with Gasteiger partial charge in [-0.25, -0.2) is 13.8 Å². The van der Waals surface area contributed by atoms with Crippen LogP contribution in [0.1, 0.15) is 0 Å². The molecule has 0 amide bonds. The molecule has 20 heavy (non-hydrogen) atoms. The molecule has 0 bridgehead atoms. The molecule has 3 aromatic rings. The van der Waals surface area contributed by atoms with Gasteiger partial charge in [0.15, 0.2) is 5.82 Å². The summed E-state index contributed by atoms with van der Waals surface area (Å²) in [6.45, 7) is 0. The van der Waals surface area contributed by atoms with Gasteiger partial charge in [-0.15, -0.1) is 0 Å². The Morgan fingerprint density at radius 2 is 2.00 bits per heavy atom. The number of fused-ring (bicyclic) bond motifs is 1. The molecule has 0 saturated carbocycles. The van der Waals surface area contributed by atoms with Crippen LogP contribution in [0.5, 0.6) is 0 Å². The summed E-state index contributed by atoms with van der Waals surface area (Å²) in [6.07, 6.45) is 0. The average Bonchev–Trinajstić information content (AvgIpc) is 2.69. The minimum absolute atomic E-state index is 0.0232. The number of imidazole rings is 1. The topological polar surface area (TPSA) is 43.8 Å². The Hall–Kier alpha value is -1.66. The zero-order valence-electron chi connectivity index (χ0n) is 9.87. The summed E-state index contributed by atoms with van der Waals surface area (Å²) in [5.41, 5.74) is 6.79. The second-order valence-corrected chi connectivity index (χ2v) is 5.39. The predicted octanol–water partition coefficient (Wildman–Crippen LogP) is 4.30. The third-order valence-electron chi connectivity index (χ3n) is 2.89. The van der Waals surface area contributed by atoms with E-state index in [0.29, 0.717) is 11.0 Å². The lowest BCUT2D eigenvalue weighted by molar-refractivity contribution is 0.620. The molecule has 0 spiro atoms. The van der Waals surface area contributed by atoms with E-state index < -0.39 is 11.6 Å². The summed E-state index contributed by atoms with van der Waals surface area (Å²) in [7, 11) is 0. The van der Waals surface area contributed by atoms with Crippen LogP contribution in [0, 0.1) is 11.6 Å². The van der Waals surface area contributed by atoms with Gasteiger partial charge in [0, 0.05) is 6.07 Å². The summed E-state index contributed by atoms with van der Waals surface area (Å²) in [5.74, 6) is -1.02. The summed E-state index contributed by atoms with van der Waals surface area (Å²) in [4.78, 5) is 4.03. The number of hydrogen-bond acceptors (Lipinski definition) is 2. The highest BCUT2D eigenvalue weighted by molar-refractivity contribution is 9.10. The van der Waals surface area contributed by atoms with Crippen molar-refractivity contribution in [1.82, 2.24) is 9.55 Å². The molecule has 7 heteroatoms. The first-order valence-corrected chi connectivity index (χ1v) is 6.73. The molecule has 1 aromatic heterocycles. The van der Waals surface area contributed by atoms with Crippen molar-refractivity contribution in [3.05, 3.63) is 51.5 Å². The molecule has 0 radical (unpaired) electrons. The van der Waals surface area contributed by atoms with Crippen molar-refractivity contribution in [3.63, 3.8) is 0 Å². The zero-order valence-corrected chi connectivity index (χ0v) is 12.2. The Morgan fingerprint density at radius 3 is 2.75 bits per heavy atom. The highest BCUT2D eigenvalue weighted by Crippen LogP contribution is 2.30. The Balaban J connectivity index is 2.39. The SMILES string of the molecule is Nc1nc2cc(F)c(Br)cc2n1-c1cccc(Cl)c1F. The Bertz CT molecular complexity index is 832. The maximum Gasteiger partial charge on any atom is 0.206 e. The van der Waals surface area contributed by atoms with Gasteiger partial charge < -0.3 is 5.73 Å². The van der Waals surface area contributed by atoms with E-state index >= 15 is 0 Å². The van der Waals surface area contributed by atoms with Crippen molar-refractivity contribution in [1.29, 1.82) is 0 Å². The fraction of sp³-hybridized carbons (Fsp3) is 0. The van der Waals surface area contributed by atoms with Crippen molar-refractivity contribution in [2.75, 3.05) is 5.73 Å². The van der Waals surface area contributed by atoms with Crippen LogP contribution in [-0.2, 0) is 0 Å². The lowest BCUT2D eigenvalue weighted by Crippen LogP contribution is -2.03. The van der Waals surface area contributed by atoms with Crippen LogP contribution in [-0.4, -0.2) is 9.55 Å². The molecule has 0 aliphatic rings. The molecule has 2 N–H and O–H groups in total. The number of nitrogen functional groups attached to an aromatic ring is 1. The number of nitrogens with two attached hydrogens (primary N) is 1. The first kappa shape index (κ1) is 13.3. The number of halogens is 4. The molecule has 0 unspecified atom stereocenters. The third kappa shape index (κ3) is 1.96. The van der Waals surface area contributed by atoms with Crippen molar-refractivity contribution in [3.8, 4) is 5.69 Å². The minimum atomic E-state index is -0.611. The van der Waals surface area contributed by atoms with Gasteiger partial charge in [-0.2, -0.15) is 0 Å². The van der Waals surface area contributed by atoms with Crippen LogP contribution in [0.25, 0.3) is 16.7 Å².